The van der Waals surface area contributed by atoms with Gasteiger partial charge in [0.1, 0.15) is 0 Å². The second-order valence-electron chi connectivity index (χ2n) is 6.19. The van der Waals surface area contributed by atoms with Crippen LogP contribution in [0.3, 0.4) is 0 Å². The van der Waals surface area contributed by atoms with Gasteiger partial charge in [-0.25, -0.2) is 0 Å². The predicted octanol–water partition coefficient (Wildman–Crippen LogP) is 2.66. The second kappa shape index (κ2) is 3.80. The van der Waals surface area contributed by atoms with Crippen LogP contribution in [-0.2, 0) is 10.6 Å². The molecule has 0 bridgehead atoms. The van der Waals surface area contributed by atoms with Crippen LogP contribution in [0.25, 0.3) is 0 Å². The van der Waals surface area contributed by atoms with Gasteiger partial charge in [-0.3, -0.25) is 4.84 Å². The lowest BCUT2D eigenvalue weighted by Crippen LogP contribution is -2.40. The maximum Gasteiger partial charge on any atom is 0.215 e. The highest BCUT2D eigenvalue weighted by Gasteiger charge is 2.58. The van der Waals surface area contributed by atoms with E-state index >= 15 is 0 Å². The summed E-state index contributed by atoms with van der Waals surface area (Å²) in [5.41, 5.74) is 0.862. The Kier molecular flexibility index (Phi) is 2.56. The monoisotopic (exact) mass is 247 g/mol. The van der Waals surface area contributed by atoms with Gasteiger partial charge >= 0.3 is 0 Å². The van der Waals surface area contributed by atoms with Gasteiger partial charge in [0.25, 0.3) is 0 Å². The second-order valence-corrected chi connectivity index (χ2v) is 6.19. The topological polar surface area (TPSA) is 32.7 Å². The highest BCUT2D eigenvalue weighted by Crippen LogP contribution is 2.51. The Hall–Kier alpha value is -0.900. The summed E-state index contributed by atoms with van der Waals surface area (Å²) in [6.45, 7) is 6.44. The lowest BCUT2D eigenvalue weighted by atomic mass is 9.88. The van der Waals surface area contributed by atoms with Gasteiger partial charge in [-0.2, -0.15) is 5.06 Å². The molecule has 3 atom stereocenters. The predicted molar refractivity (Wildman–Crippen MR) is 69.5 cm³/mol. The molecule has 18 heavy (non-hydrogen) atoms. The Balaban J connectivity index is 1.97. The third-order valence-corrected chi connectivity index (χ3v) is 4.57. The number of rotatable bonds is 1. The van der Waals surface area contributed by atoms with Crippen molar-refractivity contribution < 1.29 is 9.94 Å². The van der Waals surface area contributed by atoms with Crippen molar-refractivity contribution in [2.24, 2.45) is 5.92 Å². The van der Waals surface area contributed by atoms with Crippen LogP contribution in [0.2, 0.25) is 0 Å². The van der Waals surface area contributed by atoms with Gasteiger partial charge in [-0.05, 0) is 26.7 Å². The van der Waals surface area contributed by atoms with Gasteiger partial charge in [0.05, 0.1) is 0 Å². The van der Waals surface area contributed by atoms with Gasteiger partial charge in [0.2, 0.25) is 5.79 Å². The summed E-state index contributed by atoms with van der Waals surface area (Å²) < 4.78 is 0. The fraction of sp³-hybridized carbons (Fsp3) is 0.600. The van der Waals surface area contributed by atoms with Gasteiger partial charge in [0, 0.05) is 23.1 Å². The molecule has 0 spiro atoms. The fourth-order valence-corrected chi connectivity index (χ4v) is 3.31. The number of fused-ring (bicyclic) bond motifs is 1. The molecule has 0 saturated carbocycles. The van der Waals surface area contributed by atoms with E-state index in [0.717, 1.165) is 18.4 Å². The molecule has 3 rings (SSSR count). The summed E-state index contributed by atoms with van der Waals surface area (Å²) in [5, 5.41) is 12.9. The van der Waals surface area contributed by atoms with Crippen molar-refractivity contribution in [1.82, 2.24) is 5.06 Å². The molecule has 2 aliphatic rings. The van der Waals surface area contributed by atoms with Crippen LogP contribution in [0.4, 0.5) is 0 Å². The highest BCUT2D eigenvalue weighted by atomic mass is 16.8. The molecule has 2 saturated heterocycles. The molecule has 98 valence electrons. The number of hydrogen-bond acceptors (Lipinski definition) is 3. The van der Waals surface area contributed by atoms with Gasteiger partial charge in [-0.15, -0.1) is 0 Å². The first kappa shape index (κ1) is 12.2. The number of hydrogen-bond donors (Lipinski definition) is 1. The van der Waals surface area contributed by atoms with Crippen molar-refractivity contribution in [3.05, 3.63) is 35.9 Å². The molecule has 0 aliphatic carbocycles. The Labute approximate surface area is 108 Å². The molecule has 3 unspecified atom stereocenters. The molecule has 0 aromatic heterocycles. The number of hydroxylamine groups is 2. The molecular weight excluding hydrogens is 226 g/mol. The number of benzene rings is 1. The van der Waals surface area contributed by atoms with Crippen molar-refractivity contribution in [3.63, 3.8) is 0 Å². The lowest BCUT2D eigenvalue weighted by molar-refractivity contribution is -0.320. The number of aliphatic hydroxyl groups is 1. The summed E-state index contributed by atoms with van der Waals surface area (Å²) in [6.07, 6.45) is 2.20. The third kappa shape index (κ3) is 1.54. The van der Waals surface area contributed by atoms with Crippen molar-refractivity contribution in [2.45, 2.75) is 51.0 Å². The standard InChI is InChI=1S/C15H21NO2/c1-11-13-9-10-14(2,3)16(13)18-15(11,17)12-7-5-4-6-8-12/h4-8,11,13,17H,9-10H2,1-3H3. The van der Waals surface area contributed by atoms with Crippen LogP contribution in [0.1, 0.15) is 39.2 Å². The van der Waals surface area contributed by atoms with Gasteiger partial charge in [0.15, 0.2) is 0 Å². The van der Waals surface area contributed by atoms with Crippen LogP contribution in [0.15, 0.2) is 30.3 Å². The van der Waals surface area contributed by atoms with Crippen molar-refractivity contribution in [1.29, 1.82) is 0 Å². The molecule has 1 aromatic carbocycles. The van der Waals surface area contributed by atoms with E-state index in [-0.39, 0.29) is 11.5 Å². The van der Waals surface area contributed by atoms with Crippen LogP contribution in [-0.4, -0.2) is 21.8 Å². The molecule has 0 amide bonds. The largest absolute Gasteiger partial charge is 0.360 e. The average molecular weight is 247 g/mol. The Morgan fingerprint density at radius 1 is 1.28 bits per heavy atom. The van der Waals surface area contributed by atoms with E-state index < -0.39 is 5.79 Å². The van der Waals surface area contributed by atoms with Crippen LogP contribution >= 0.6 is 0 Å². The first-order chi connectivity index (χ1) is 8.45. The highest BCUT2D eigenvalue weighted by molar-refractivity contribution is 5.23. The summed E-state index contributed by atoms with van der Waals surface area (Å²) >= 11 is 0. The van der Waals surface area contributed by atoms with Gasteiger partial charge in [-0.1, -0.05) is 37.3 Å². The first-order valence-electron chi connectivity index (χ1n) is 6.71. The van der Waals surface area contributed by atoms with E-state index in [2.05, 4.69) is 20.8 Å². The van der Waals surface area contributed by atoms with Crippen molar-refractivity contribution in [3.8, 4) is 0 Å². The Bertz CT molecular complexity index is 445. The molecule has 1 aromatic rings. The van der Waals surface area contributed by atoms with Crippen molar-refractivity contribution in [2.75, 3.05) is 0 Å². The maximum absolute atomic E-state index is 10.9. The SMILES string of the molecule is CC1C2CCC(C)(C)N2OC1(O)c1ccccc1. The zero-order valence-electron chi connectivity index (χ0n) is 11.3. The van der Waals surface area contributed by atoms with E-state index in [1.165, 1.54) is 0 Å². The molecular formula is C15H21NO2. The minimum Gasteiger partial charge on any atom is -0.360 e. The zero-order valence-corrected chi connectivity index (χ0v) is 11.3. The van der Waals surface area contributed by atoms with E-state index in [4.69, 9.17) is 4.84 Å². The summed E-state index contributed by atoms with van der Waals surface area (Å²) in [5.74, 6) is -1.09. The first-order valence-corrected chi connectivity index (χ1v) is 6.71. The molecule has 0 radical (unpaired) electrons. The quantitative estimate of drug-likeness (QED) is 0.828. The normalized spacial score (nSPS) is 38.9. The van der Waals surface area contributed by atoms with Crippen LogP contribution in [0, 0.1) is 5.92 Å². The fourth-order valence-electron chi connectivity index (χ4n) is 3.31. The van der Waals surface area contributed by atoms with Gasteiger partial charge < -0.3 is 5.11 Å². The summed E-state index contributed by atoms with van der Waals surface area (Å²) in [7, 11) is 0. The summed E-state index contributed by atoms with van der Waals surface area (Å²) in [6, 6.07) is 10.0. The smallest absolute Gasteiger partial charge is 0.215 e. The average Bonchev–Trinajstić information content (AvgIpc) is 2.79. The van der Waals surface area contributed by atoms with E-state index in [1.807, 2.05) is 35.4 Å². The molecule has 3 heteroatoms. The maximum atomic E-state index is 10.9. The van der Waals surface area contributed by atoms with E-state index in [9.17, 15) is 5.11 Å². The molecule has 1 N–H and O–H groups in total. The van der Waals surface area contributed by atoms with E-state index in [0.29, 0.717) is 6.04 Å². The molecule has 2 fully saturated rings. The Morgan fingerprint density at radius 2 is 1.94 bits per heavy atom. The molecule has 2 heterocycles. The lowest BCUT2D eigenvalue weighted by Gasteiger charge is -2.32. The molecule has 3 nitrogen and oxygen atoms in total. The van der Waals surface area contributed by atoms with Crippen LogP contribution in [0.5, 0.6) is 0 Å². The Morgan fingerprint density at radius 3 is 2.56 bits per heavy atom. The third-order valence-electron chi connectivity index (χ3n) is 4.57. The zero-order chi connectivity index (χ0) is 13.0. The number of nitrogens with zero attached hydrogens (tertiary/aromatic N) is 1. The van der Waals surface area contributed by atoms with Crippen LogP contribution < -0.4 is 0 Å². The molecule has 2 aliphatic heterocycles. The minimum absolute atomic E-state index is 0.0121. The summed E-state index contributed by atoms with van der Waals surface area (Å²) in [4.78, 5) is 5.98. The van der Waals surface area contributed by atoms with E-state index in [1.54, 1.807) is 0 Å². The van der Waals surface area contributed by atoms with Crippen molar-refractivity contribution >= 4 is 0 Å². The minimum atomic E-state index is -1.18.